The summed E-state index contributed by atoms with van der Waals surface area (Å²) in [5.41, 5.74) is 1.90. The lowest BCUT2D eigenvalue weighted by atomic mass is 10.0. The summed E-state index contributed by atoms with van der Waals surface area (Å²) in [7, 11) is 0. The summed E-state index contributed by atoms with van der Waals surface area (Å²) in [6.45, 7) is 7.25. The van der Waals surface area contributed by atoms with E-state index in [2.05, 4.69) is 30.1 Å². The third-order valence-electron chi connectivity index (χ3n) is 3.86. The molecular formula is C17H22Cl2N2O. The van der Waals surface area contributed by atoms with Crippen molar-refractivity contribution in [3.8, 4) is 0 Å². The van der Waals surface area contributed by atoms with Gasteiger partial charge in [0.25, 0.3) is 5.91 Å². The predicted molar refractivity (Wildman–Crippen MR) is 92.8 cm³/mol. The number of nitrogens with zero attached hydrogens (tertiary/aromatic N) is 1. The Labute approximate surface area is 142 Å². The van der Waals surface area contributed by atoms with Gasteiger partial charge in [0.15, 0.2) is 0 Å². The van der Waals surface area contributed by atoms with Gasteiger partial charge in [0, 0.05) is 31.2 Å². The van der Waals surface area contributed by atoms with Crippen molar-refractivity contribution in [3.63, 3.8) is 0 Å². The zero-order valence-electron chi connectivity index (χ0n) is 13.0. The van der Waals surface area contributed by atoms with Gasteiger partial charge in [0.2, 0.25) is 0 Å². The van der Waals surface area contributed by atoms with Crippen molar-refractivity contribution >= 4 is 29.1 Å². The number of amides is 1. The normalized spacial score (nSPS) is 16.4. The Bertz CT molecular complexity index is 560. The maximum atomic E-state index is 12.2. The van der Waals surface area contributed by atoms with Crippen LogP contribution in [0, 0.1) is 0 Å². The van der Waals surface area contributed by atoms with E-state index in [1.54, 1.807) is 18.2 Å². The van der Waals surface area contributed by atoms with Crippen LogP contribution in [0.5, 0.6) is 0 Å². The number of piperidine rings is 1. The summed E-state index contributed by atoms with van der Waals surface area (Å²) in [4.78, 5) is 14.6. The van der Waals surface area contributed by atoms with Crippen molar-refractivity contribution in [2.45, 2.75) is 32.7 Å². The third kappa shape index (κ3) is 5.01. The first-order valence-corrected chi connectivity index (χ1v) is 8.33. The fraction of sp³-hybridized carbons (Fsp3) is 0.471. The Hall–Kier alpha value is -1.03. The zero-order chi connectivity index (χ0) is 16.1. The molecule has 1 aliphatic heterocycles. The minimum Gasteiger partial charge on any atom is -0.349 e. The second kappa shape index (κ2) is 8.00. The van der Waals surface area contributed by atoms with E-state index in [9.17, 15) is 4.79 Å². The molecule has 0 aromatic heterocycles. The molecule has 1 aromatic carbocycles. The molecule has 2 rings (SSSR count). The molecular weight excluding hydrogens is 319 g/mol. The molecule has 1 amide bonds. The molecule has 0 saturated carbocycles. The molecule has 120 valence electrons. The van der Waals surface area contributed by atoms with Crippen LogP contribution in [0.25, 0.3) is 0 Å². The molecule has 0 spiro atoms. The number of hydrogen-bond donors (Lipinski definition) is 1. The molecule has 1 N–H and O–H groups in total. The third-order valence-corrected chi connectivity index (χ3v) is 4.60. The maximum absolute atomic E-state index is 12.2. The second-order valence-corrected chi connectivity index (χ2v) is 6.77. The van der Waals surface area contributed by atoms with Gasteiger partial charge < -0.3 is 5.32 Å². The Morgan fingerprint density at radius 1 is 1.27 bits per heavy atom. The highest BCUT2D eigenvalue weighted by Gasteiger charge is 2.20. The molecule has 1 fully saturated rings. The highest BCUT2D eigenvalue weighted by atomic mass is 35.5. The monoisotopic (exact) mass is 340 g/mol. The van der Waals surface area contributed by atoms with Gasteiger partial charge in [-0.15, -0.1) is 0 Å². The molecule has 3 nitrogen and oxygen atoms in total. The number of carbonyl (C=O) groups is 1. The van der Waals surface area contributed by atoms with Crippen LogP contribution < -0.4 is 5.32 Å². The van der Waals surface area contributed by atoms with Crippen molar-refractivity contribution in [2.75, 3.05) is 19.6 Å². The molecule has 22 heavy (non-hydrogen) atoms. The Kier molecular flexibility index (Phi) is 6.30. The summed E-state index contributed by atoms with van der Waals surface area (Å²) in [5, 5.41) is 3.96. The number of likely N-dealkylation sites (tertiary alicyclic amines) is 1. The van der Waals surface area contributed by atoms with Crippen LogP contribution in [-0.4, -0.2) is 36.5 Å². The highest BCUT2D eigenvalue weighted by molar-refractivity contribution is 6.42. The smallest absolute Gasteiger partial charge is 0.251 e. The minimum atomic E-state index is -0.0821. The molecule has 0 unspecified atom stereocenters. The average Bonchev–Trinajstić information content (AvgIpc) is 2.49. The standard InChI is InChI=1S/C17H22Cl2N2O/c1-12(2)5-8-21-9-6-14(7-10-21)20-17(22)13-3-4-15(18)16(19)11-13/h3-5,11,14H,6-10H2,1-2H3,(H,20,22). The number of carbonyl (C=O) groups excluding carboxylic acids is 1. The van der Waals surface area contributed by atoms with E-state index in [0.29, 0.717) is 15.6 Å². The summed E-state index contributed by atoms with van der Waals surface area (Å²) >= 11 is 11.8. The van der Waals surface area contributed by atoms with Gasteiger partial charge in [-0.3, -0.25) is 9.69 Å². The van der Waals surface area contributed by atoms with E-state index in [1.165, 1.54) is 5.57 Å². The van der Waals surface area contributed by atoms with Gasteiger partial charge >= 0.3 is 0 Å². The first-order valence-electron chi connectivity index (χ1n) is 7.57. The van der Waals surface area contributed by atoms with Crippen molar-refractivity contribution in [1.29, 1.82) is 0 Å². The average molecular weight is 341 g/mol. The fourth-order valence-corrected chi connectivity index (χ4v) is 2.78. The molecule has 0 radical (unpaired) electrons. The van der Waals surface area contributed by atoms with E-state index >= 15 is 0 Å². The maximum Gasteiger partial charge on any atom is 0.251 e. The van der Waals surface area contributed by atoms with E-state index < -0.39 is 0 Å². The predicted octanol–water partition coefficient (Wildman–Crippen LogP) is 4.15. The summed E-state index contributed by atoms with van der Waals surface area (Å²) in [6, 6.07) is 5.20. The Morgan fingerprint density at radius 2 is 1.95 bits per heavy atom. The SMILES string of the molecule is CC(C)=CCN1CCC(NC(=O)c2ccc(Cl)c(Cl)c2)CC1. The zero-order valence-corrected chi connectivity index (χ0v) is 14.5. The van der Waals surface area contributed by atoms with Crippen LogP contribution in [0.1, 0.15) is 37.0 Å². The van der Waals surface area contributed by atoms with E-state index in [-0.39, 0.29) is 11.9 Å². The molecule has 1 aliphatic rings. The van der Waals surface area contributed by atoms with Gasteiger partial charge in [-0.1, -0.05) is 34.9 Å². The molecule has 1 saturated heterocycles. The number of rotatable bonds is 4. The lowest BCUT2D eigenvalue weighted by Gasteiger charge is -2.31. The number of halogens is 2. The molecule has 5 heteroatoms. The minimum absolute atomic E-state index is 0.0821. The molecule has 0 atom stereocenters. The van der Waals surface area contributed by atoms with Gasteiger partial charge in [-0.05, 0) is 44.9 Å². The Morgan fingerprint density at radius 3 is 2.55 bits per heavy atom. The number of benzene rings is 1. The summed E-state index contributed by atoms with van der Waals surface area (Å²) < 4.78 is 0. The van der Waals surface area contributed by atoms with Gasteiger partial charge in [0.1, 0.15) is 0 Å². The van der Waals surface area contributed by atoms with Crippen LogP contribution in [0.2, 0.25) is 10.0 Å². The lowest BCUT2D eigenvalue weighted by molar-refractivity contribution is 0.0914. The topological polar surface area (TPSA) is 32.3 Å². The molecule has 0 bridgehead atoms. The molecule has 0 aliphatic carbocycles. The second-order valence-electron chi connectivity index (χ2n) is 5.96. The number of allylic oxidation sites excluding steroid dienone is 1. The van der Waals surface area contributed by atoms with Crippen LogP contribution in [-0.2, 0) is 0 Å². The largest absolute Gasteiger partial charge is 0.349 e. The first-order chi connectivity index (χ1) is 10.5. The first kappa shape index (κ1) is 17.3. The van der Waals surface area contributed by atoms with Gasteiger partial charge in [-0.25, -0.2) is 0 Å². The van der Waals surface area contributed by atoms with E-state index in [0.717, 1.165) is 32.5 Å². The van der Waals surface area contributed by atoms with E-state index in [1.807, 2.05) is 0 Å². The van der Waals surface area contributed by atoms with Crippen LogP contribution in [0.4, 0.5) is 0 Å². The molecule has 1 heterocycles. The van der Waals surface area contributed by atoms with E-state index in [4.69, 9.17) is 23.2 Å². The van der Waals surface area contributed by atoms with Crippen molar-refractivity contribution in [2.24, 2.45) is 0 Å². The number of nitrogens with one attached hydrogen (secondary N) is 1. The van der Waals surface area contributed by atoms with Gasteiger partial charge in [-0.2, -0.15) is 0 Å². The summed E-state index contributed by atoms with van der Waals surface area (Å²) in [6.07, 6.45) is 4.20. The quantitative estimate of drug-likeness (QED) is 0.835. The van der Waals surface area contributed by atoms with Crippen molar-refractivity contribution in [1.82, 2.24) is 10.2 Å². The molecule has 1 aromatic rings. The highest BCUT2D eigenvalue weighted by Crippen LogP contribution is 2.22. The van der Waals surface area contributed by atoms with Crippen LogP contribution in [0.3, 0.4) is 0 Å². The van der Waals surface area contributed by atoms with Crippen molar-refractivity contribution < 1.29 is 4.79 Å². The van der Waals surface area contributed by atoms with Crippen LogP contribution >= 0.6 is 23.2 Å². The summed E-state index contributed by atoms with van der Waals surface area (Å²) in [5.74, 6) is -0.0821. The van der Waals surface area contributed by atoms with Crippen molar-refractivity contribution in [3.05, 3.63) is 45.5 Å². The lowest BCUT2D eigenvalue weighted by Crippen LogP contribution is -2.44. The Balaban J connectivity index is 1.84. The van der Waals surface area contributed by atoms with Crippen LogP contribution in [0.15, 0.2) is 29.8 Å². The fourth-order valence-electron chi connectivity index (χ4n) is 2.48. The number of hydrogen-bond acceptors (Lipinski definition) is 2. The van der Waals surface area contributed by atoms with Gasteiger partial charge in [0.05, 0.1) is 10.0 Å².